The molecule has 0 aliphatic carbocycles. The third-order valence-corrected chi connectivity index (χ3v) is 3.59. The zero-order valence-corrected chi connectivity index (χ0v) is 9.44. The molecule has 0 N–H and O–H groups in total. The van der Waals surface area contributed by atoms with E-state index in [1.807, 2.05) is 42.5 Å². The van der Waals surface area contributed by atoms with Gasteiger partial charge in [-0.25, -0.2) is 0 Å². The monoisotopic (exact) mass is 232 g/mol. The maximum Gasteiger partial charge on any atom is 0.234 e. The Morgan fingerprint density at radius 1 is 0.556 bits per heavy atom. The summed E-state index contributed by atoms with van der Waals surface area (Å²) >= 11 is 0. The van der Waals surface area contributed by atoms with E-state index in [0.29, 0.717) is 10.8 Å². The summed E-state index contributed by atoms with van der Waals surface area (Å²) in [5, 5.41) is 5.19. The van der Waals surface area contributed by atoms with Gasteiger partial charge in [-0.2, -0.15) is 0 Å². The molecule has 4 aromatic rings. The molecule has 0 unspecified atom stereocenters. The van der Waals surface area contributed by atoms with Crippen LogP contribution in [0, 0.1) is 0 Å². The van der Waals surface area contributed by atoms with Gasteiger partial charge in [-0.15, -0.1) is 0 Å². The fraction of sp³-hybridized carbons (Fsp3) is 0. The maximum atomic E-state index is 11.8. The van der Waals surface area contributed by atoms with Crippen molar-refractivity contribution < 1.29 is 0 Å². The van der Waals surface area contributed by atoms with E-state index in [1.54, 1.807) is 6.07 Å². The van der Waals surface area contributed by atoms with E-state index in [-0.39, 0.29) is 10.9 Å². The first-order valence-corrected chi connectivity index (χ1v) is 5.81. The second kappa shape index (κ2) is 3.05. The van der Waals surface area contributed by atoms with Crippen molar-refractivity contribution in [2.45, 2.75) is 0 Å². The quantitative estimate of drug-likeness (QED) is 0.345. The molecule has 84 valence electrons. The van der Waals surface area contributed by atoms with E-state index >= 15 is 0 Å². The minimum absolute atomic E-state index is 0.355. The van der Waals surface area contributed by atoms with Gasteiger partial charge in [0.1, 0.15) is 0 Å². The number of rotatable bonds is 0. The van der Waals surface area contributed by atoms with Crippen molar-refractivity contribution in [3.8, 4) is 0 Å². The van der Waals surface area contributed by atoms with Gasteiger partial charge in [0, 0.05) is 16.2 Å². The molecule has 2 nitrogen and oxygen atoms in total. The molecule has 18 heavy (non-hydrogen) atoms. The van der Waals surface area contributed by atoms with E-state index in [0.717, 1.165) is 21.5 Å². The van der Waals surface area contributed by atoms with Gasteiger partial charge in [-0.3, -0.25) is 9.59 Å². The van der Waals surface area contributed by atoms with Crippen LogP contribution in [0.4, 0.5) is 0 Å². The molecule has 0 bridgehead atoms. The first kappa shape index (κ1) is 9.54. The van der Waals surface area contributed by atoms with E-state index in [4.69, 9.17) is 0 Å². The Morgan fingerprint density at radius 2 is 1.28 bits per heavy atom. The Labute approximate surface area is 102 Å². The summed E-state index contributed by atoms with van der Waals surface area (Å²) in [5.74, 6) is 0. The minimum Gasteiger partial charge on any atom is -0.285 e. The lowest BCUT2D eigenvalue weighted by atomic mass is 9.94. The molecule has 0 aliphatic rings. The standard InChI is InChI=1S/C16H8O2/c17-15-12-8-7-10-6-5-9-3-1-2-4-11(9)13(10)14(12)16(15)18/h1-8H. The molecule has 0 amide bonds. The second-order valence-corrected chi connectivity index (χ2v) is 4.53. The van der Waals surface area contributed by atoms with Gasteiger partial charge in [0.25, 0.3) is 0 Å². The van der Waals surface area contributed by atoms with Crippen LogP contribution in [0.3, 0.4) is 0 Å². The molecule has 0 radical (unpaired) electrons. The fourth-order valence-electron chi connectivity index (χ4n) is 2.70. The molecule has 0 fully saturated rings. The van der Waals surface area contributed by atoms with Gasteiger partial charge >= 0.3 is 0 Å². The Kier molecular flexibility index (Phi) is 1.61. The Balaban J connectivity index is 2.43. The van der Waals surface area contributed by atoms with Crippen molar-refractivity contribution in [1.29, 1.82) is 0 Å². The Hall–Kier alpha value is -2.48. The molecule has 0 aromatic heterocycles. The zero-order chi connectivity index (χ0) is 12.3. The van der Waals surface area contributed by atoms with Crippen LogP contribution in [0.15, 0.2) is 58.1 Å². The van der Waals surface area contributed by atoms with Crippen molar-refractivity contribution in [3.63, 3.8) is 0 Å². The lowest BCUT2D eigenvalue weighted by Gasteiger charge is -2.08. The molecule has 0 atom stereocenters. The molecular weight excluding hydrogens is 224 g/mol. The SMILES string of the molecule is O=c1c(=O)c2c1ccc1ccc3ccccc3c12. The number of hydrogen-bond donors (Lipinski definition) is 0. The largest absolute Gasteiger partial charge is 0.285 e. The zero-order valence-electron chi connectivity index (χ0n) is 9.44. The van der Waals surface area contributed by atoms with E-state index in [1.165, 1.54) is 0 Å². The molecule has 0 heterocycles. The van der Waals surface area contributed by atoms with Crippen LogP contribution in [0.25, 0.3) is 32.3 Å². The molecule has 0 aliphatic heterocycles. The average molecular weight is 232 g/mol. The number of fused-ring (bicyclic) bond motifs is 5. The number of hydrogen-bond acceptors (Lipinski definition) is 2. The highest BCUT2D eigenvalue weighted by Crippen LogP contribution is 2.29. The molecule has 2 heteroatoms. The highest BCUT2D eigenvalue weighted by Gasteiger charge is 2.16. The maximum absolute atomic E-state index is 11.8. The lowest BCUT2D eigenvalue weighted by Crippen LogP contribution is -2.30. The Morgan fingerprint density at radius 3 is 2.17 bits per heavy atom. The predicted molar refractivity (Wildman–Crippen MR) is 73.9 cm³/mol. The highest BCUT2D eigenvalue weighted by molar-refractivity contribution is 6.21. The van der Waals surface area contributed by atoms with E-state index < -0.39 is 0 Å². The average Bonchev–Trinajstić information content (AvgIpc) is 2.44. The van der Waals surface area contributed by atoms with Crippen LogP contribution < -0.4 is 10.9 Å². The van der Waals surface area contributed by atoms with Crippen molar-refractivity contribution >= 4 is 32.3 Å². The van der Waals surface area contributed by atoms with Crippen LogP contribution in [0.2, 0.25) is 0 Å². The predicted octanol–water partition coefficient (Wildman–Crippen LogP) is 2.74. The van der Waals surface area contributed by atoms with Crippen LogP contribution >= 0.6 is 0 Å². The van der Waals surface area contributed by atoms with E-state index in [9.17, 15) is 9.59 Å². The molecule has 0 saturated heterocycles. The molecule has 4 aromatic carbocycles. The van der Waals surface area contributed by atoms with Crippen LogP contribution in [0.1, 0.15) is 0 Å². The van der Waals surface area contributed by atoms with Gasteiger partial charge < -0.3 is 0 Å². The number of benzene rings is 3. The summed E-state index contributed by atoms with van der Waals surface area (Å²) < 4.78 is 0. The highest BCUT2D eigenvalue weighted by atomic mass is 16.2. The van der Waals surface area contributed by atoms with Crippen LogP contribution in [-0.4, -0.2) is 0 Å². The van der Waals surface area contributed by atoms with E-state index in [2.05, 4.69) is 0 Å². The van der Waals surface area contributed by atoms with Crippen molar-refractivity contribution in [3.05, 3.63) is 69.0 Å². The summed E-state index contributed by atoms with van der Waals surface area (Å²) in [5.41, 5.74) is -0.716. The first-order valence-electron chi connectivity index (χ1n) is 5.81. The summed E-state index contributed by atoms with van der Waals surface area (Å²) in [6, 6.07) is 15.6. The van der Waals surface area contributed by atoms with Gasteiger partial charge in [0.05, 0.1) is 0 Å². The third-order valence-electron chi connectivity index (χ3n) is 3.59. The molecule has 4 rings (SSSR count). The molecule has 0 saturated carbocycles. The van der Waals surface area contributed by atoms with Crippen LogP contribution in [-0.2, 0) is 0 Å². The Bertz CT molecular complexity index is 1000. The van der Waals surface area contributed by atoms with Gasteiger partial charge in [-0.05, 0) is 22.2 Å². The smallest absolute Gasteiger partial charge is 0.234 e. The van der Waals surface area contributed by atoms with Crippen molar-refractivity contribution in [2.75, 3.05) is 0 Å². The van der Waals surface area contributed by atoms with Gasteiger partial charge in [0.15, 0.2) is 0 Å². The van der Waals surface area contributed by atoms with Gasteiger partial charge in [0.2, 0.25) is 10.9 Å². The minimum atomic E-state index is -0.361. The molecular formula is C16H8O2. The van der Waals surface area contributed by atoms with Crippen molar-refractivity contribution in [2.24, 2.45) is 0 Å². The van der Waals surface area contributed by atoms with Gasteiger partial charge in [-0.1, -0.05) is 42.5 Å². The topological polar surface area (TPSA) is 34.1 Å². The summed E-state index contributed by atoms with van der Waals surface area (Å²) in [7, 11) is 0. The lowest BCUT2D eigenvalue weighted by molar-refractivity contribution is 1.56. The van der Waals surface area contributed by atoms with Crippen molar-refractivity contribution in [1.82, 2.24) is 0 Å². The normalized spacial score (nSPS) is 11.8. The summed E-state index contributed by atoms with van der Waals surface area (Å²) in [6.45, 7) is 0. The third kappa shape index (κ3) is 0.979. The summed E-state index contributed by atoms with van der Waals surface area (Å²) in [4.78, 5) is 23.2. The summed E-state index contributed by atoms with van der Waals surface area (Å²) in [6.07, 6.45) is 0. The first-order chi connectivity index (χ1) is 8.77. The second-order valence-electron chi connectivity index (χ2n) is 4.53. The fourth-order valence-corrected chi connectivity index (χ4v) is 2.70. The molecule has 0 spiro atoms. The van der Waals surface area contributed by atoms with Crippen LogP contribution in [0.5, 0.6) is 0 Å².